The van der Waals surface area contributed by atoms with Gasteiger partial charge >= 0.3 is 0 Å². The summed E-state index contributed by atoms with van der Waals surface area (Å²) in [7, 11) is 1.66. The molecule has 6 nitrogen and oxygen atoms in total. The van der Waals surface area contributed by atoms with Gasteiger partial charge in [-0.15, -0.1) is 0 Å². The van der Waals surface area contributed by atoms with Crippen LogP contribution in [0.25, 0.3) is 16.8 Å². The van der Waals surface area contributed by atoms with Crippen LogP contribution in [0.2, 0.25) is 0 Å². The zero-order valence-electron chi connectivity index (χ0n) is 15.2. The molecule has 0 aliphatic rings. The first kappa shape index (κ1) is 17.7. The van der Waals surface area contributed by atoms with Gasteiger partial charge in [-0.25, -0.2) is 9.50 Å². The fraction of sp³-hybridized carbons (Fsp3) is 0.389. The summed E-state index contributed by atoms with van der Waals surface area (Å²) < 4.78 is 7.41. The summed E-state index contributed by atoms with van der Waals surface area (Å²) in [6.07, 6.45) is 5.64. The normalized spacial score (nSPS) is 12.5. The highest BCUT2D eigenvalue weighted by molar-refractivity contribution is 7.98. The van der Waals surface area contributed by atoms with Gasteiger partial charge in [-0.3, -0.25) is 4.98 Å². The van der Waals surface area contributed by atoms with E-state index in [1.54, 1.807) is 25.1 Å². The SMILES string of the molecule is CCN[C@H](C)c1cc(-c2cc3c(C)cnn3c(SC)n2)c(OC)cn1. The van der Waals surface area contributed by atoms with Gasteiger partial charge in [0.1, 0.15) is 5.75 Å². The van der Waals surface area contributed by atoms with Gasteiger partial charge in [0.25, 0.3) is 0 Å². The van der Waals surface area contributed by atoms with Crippen LogP contribution in [0.15, 0.2) is 29.7 Å². The Hall–Kier alpha value is -2.12. The highest BCUT2D eigenvalue weighted by atomic mass is 32.2. The summed E-state index contributed by atoms with van der Waals surface area (Å²) in [5.41, 5.74) is 4.94. The summed E-state index contributed by atoms with van der Waals surface area (Å²) in [6.45, 7) is 7.13. The zero-order chi connectivity index (χ0) is 18.0. The van der Waals surface area contributed by atoms with Crippen LogP contribution in [0.4, 0.5) is 0 Å². The Morgan fingerprint density at radius 2 is 2.12 bits per heavy atom. The molecule has 3 aromatic heterocycles. The van der Waals surface area contributed by atoms with Gasteiger partial charge in [-0.1, -0.05) is 18.7 Å². The first-order valence-corrected chi connectivity index (χ1v) is 9.48. The maximum absolute atomic E-state index is 5.54. The number of hydrogen-bond donors (Lipinski definition) is 1. The van der Waals surface area contributed by atoms with E-state index in [0.29, 0.717) is 5.75 Å². The Balaban J connectivity index is 2.18. The summed E-state index contributed by atoms with van der Waals surface area (Å²) in [4.78, 5) is 9.32. The van der Waals surface area contributed by atoms with Crippen molar-refractivity contribution in [1.82, 2.24) is 24.9 Å². The van der Waals surface area contributed by atoms with Crippen molar-refractivity contribution in [2.24, 2.45) is 0 Å². The molecular weight excluding hydrogens is 334 g/mol. The highest BCUT2D eigenvalue weighted by Crippen LogP contribution is 2.32. The molecule has 7 heteroatoms. The number of nitrogens with one attached hydrogen (secondary N) is 1. The summed E-state index contributed by atoms with van der Waals surface area (Å²) in [5.74, 6) is 0.716. The standard InChI is InChI=1S/C18H23N5OS/c1-6-19-12(3)14-7-13(17(24-4)10-20-14)15-8-16-11(2)9-21-23(16)18(22-15)25-5/h7-10,12,19H,6H2,1-5H3/t12-/m1/s1. The maximum atomic E-state index is 5.54. The van der Waals surface area contributed by atoms with Crippen LogP contribution >= 0.6 is 11.8 Å². The van der Waals surface area contributed by atoms with Gasteiger partial charge in [0.05, 0.1) is 36.4 Å². The van der Waals surface area contributed by atoms with Gasteiger partial charge in [0.15, 0.2) is 5.16 Å². The average molecular weight is 357 g/mol. The fourth-order valence-corrected chi connectivity index (χ4v) is 3.33. The van der Waals surface area contributed by atoms with Crippen molar-refractivity contribution in [2.75, 3.05) is 19.9 Å². The Morgan fingerprint density at radius 3 is 2.80 bits per heavy atom. The fourth-order valence-electron chi connectivity index (χ4n) is 2.82. The molecule has 0 saturated heterocycles. The maximum Gasteiger partial charge on any atom is 0.189 e. The molecule has 0 unspecified atom stereocenters. The van der Waals surface area contributed by atoms with E-state index in [1.165, 1.54) is 0 Å². The quantitative estimate of drug-likeness (QED) is 0.538. The number of aromatic nitrogens is 4. The zero-order valence-corrected chi connectivity index (χ0v) is 16.0. The predicted molar refractivity (Wildman–Crippen MR) is 101 cm³/mol. The van der Waals surface area contributed by atoms with Crippen molar-refractivity contribution in [3.05, 3.63) is 35.8 Å². The first-order chi connectivity index (χ1) is 12.1. The second kappa shape index (κ2) is 7.41. The van der Waals surface area contributed by atoms with Crippen LogP contribution in [0.5, 0.6) is 5.75 Å². The van der Waals surface area contributed by atoms with E-state index in [1.807, 2.05) is 17.0 Å². The minimum atomic E-state index is 0.162. The Labute approximate surface area is 152 Å². The van der Waals surface area contributed by atoms with E-state index < -0.39 is 0 Å². The Morgan fingerprint density at radius 1 is 1.32 bits per heavy atom. The van der Waals surface area contributed by atoms with Crippen LogP contribution < -0.4 is 10.1 Å². The van der Waals surface area contributed by atoms with E-state index in [9.17, 15) is 0 Å². The molecule has 0 spiro atoms. The van der Waals surface area contributed by atoms with E-state index in [2.05, 4.69) is 48.3 Å². The molecule has 0 aliphatic carbocycles. The molecule has 132 valence electrons. The summed E-state index contributed by atoms with van der Waals surface area (Å²) >= 11 is 1.57. The molecule has 0 saturated carbocycles. The average Bonchev–Trinajstić information content (AvgIpc) is 3.01. The topological polar surface area (TPSA) is 64.3 Å². The van der Waals surface area contributed by atoms with Crippen LogP contribution in [0, 0.1) is 6.92 Å². The van der Waals surface area contributed by atoms with E-state index in [0.717, 1.165) is 39.7 Å². The van der Waals surface area contributed by atoms with Crippen LogP contribution in [0.3, 0.4) is 0 Å². The van der Waals surface area contributed by atoms with Gasteiger partial charge < -0.3 is 10.1 Å². The molecule has 3 heterocycles. The number of aryl methyl sites for hydroxylation is 1. The van der Waals surface area contributed by atoms with Crippen molar-refractivity contribution in [3.8, 4) is 17.0 Å². The second-order valence-corrected chi connectivity index (χ2v) is 6.61. The van der Waals surface area contributed by atoms with Crippen LogP contribution in [-0.4, -0.2) is 39.5 Å². The smallest absolute Gasteiger partial charge is 0.189 e. The molecule has 25 heavy (non-hydrogen) atoms. The van der Waals surface area contributed by atoms with Crippen LogP contribution in [-0.2, 0) is 0 Å². The van der Waals surface area contributed by atoms with Gasteiger partial charge in [-0.05, 0) is 44.3 Å². The van der Waals surface area contributed by atoms with E-state index in [-0.39, 0.29) is 6.04 Å². The molecule has 0 fully saturated rings. The molecule has 0 bridgehead atoms. The first-order valence-electron chi connectivity index (χ1n) is 8.26. The molecule has 0 radical (unpaired) electrons. The molecule has 0 aromatic carbocycles. The number of pyridine rings is 1. The van der Waals surface area contributed by atoms with Crippen molar-refractivity contribution in [3.63, 3.8) is 0 Å². The third kappa shape index (κ3) is 3.34. The number of nitrogens with zero attached hydrogens (tertiary/aromatic N) is 4. The number of fused-ring (bicyclic) bond motifs is 1. The third-order valence-electron chi connectivity index (χ3n) is 4.19. The summed E-state index contributed by atoms with van der Waals surface area (Å²) in [5, 5.41) is 8.66. The van der Waals surface area contributed by atoms with E-state index >= 15 is 0 Å². The lowest BCUT2D eigenvalue weighted by molar-refractivity contribution is 0.413. The van der Waals surface area contributed by atoms with Crippen molar-refractivity contribution in [1.29, 1.82) is 0 Å². The lowest BCUT2D eigenvalue weighted by Gasteiger charge is -2.15. The second-order valence-electron chi connectivity index (χ2n) is 5.84. The molecule has 1 atom stereocenters. The monoisotopic (exact) mass is 357 g/mol. The minimum absolute atomic E-state index is 0.162. The number of ether oxygens (including phenoxy) is 1. The van der Waals surface area contributed by atoms with Crippen molar-refractivity contribution in [2.45, 2.75) is 32.0 Å². The Bertz CT molecular complexity index is 893. The number of rotatable bonds is 6. The molecule has 3 aromatic rings. The minimum Gasteiger partial charge on any atom is -0.494 e. The predicted octanol–water partition coefficient (Wildman–Crippen LogP) is 3.50. The van der Waals surface area contributed by atoms with Crippen LogP contribution in [0.1, 0.15) is 31.1 Å². The van der Waals surface area contributed by atoms with Gasteiger partial charge in [0.2, 0.25) is 0 Å². The molecule has 0 amide bonds. The third-order valence-corrected chi connectivity index (χ3v) is 4.82. The number of hydrogen-bond acceptors (Lipinski definition) is 6. The molecular formula is C18H23N5OS. The van der Waals surface area contributed by atoms with Crippen molar-refractivity contribution >= 4 is 17.3 Å². The lowest BCUT2D eigenvalue weighted by Crippen LogP contribution is -2.18. The number of thioether (sulfide) groups is 1. The summed E-state index contributed by atoms with van der Waals surface area (Å²) in [6, 6.07) is 4.28. The molecule has 0 aliphatic heterocycles. The number of methoxy groups -OCH3 is 1. The lowest BCUT2D eigenvalue weighted by atomic mass is 10.1. The van der Waals surface area contributed by atoms with E-state index in [4.69, 9.17) is 9.72 Å². The van der Waals surface area contributed by atoms with Crippen molar-refractivity contribution < 1.29 is 4.74 Å². The molecule has 1 N–H and O–H groups in total. The Kier molecular flexibility index (Phi) is 5.24. The molecule has 3 rings (SSSR count). The van der Waals surface area contributed by atoms with Gasteiger partial charge in [-0.2, -0.15) is 5.10 Å². The largest absolute Gasteiger partial charge is 0.494 e. The highest BCUT2D eigenvalue weighted by Gasteiger charge is 2.16. The van der Waals surface area contributed by atoms with Gasteiger partial charge in [0, 0.05) is 11.6 Å².